The number of carbonyl (C=O) groups excluding carboxylic acids is 3. The van der Waals surface area contributed by atoms with Crippen molar-refractivity contribution in [2.45, 2.75) is 24.8 Å². The molecular weight excluding hydrogens is 424 g/mol. The molecule has 2 amide bonds. The zero-order valence-corrected chi connectivity index (χ0v) is 18.0. The maximum absolute atomic E-state index is 12.7. The van der Waals surface area contributed by atoms with Gasteiger partial charge in [0, 0.05) is 0 Å². The number of amides is 2. The van der Waals surface area contributed by atoms with E-state index >= 15 is 0 Å². The number of fused-ring (bicyclic) bond motifs is 1. The molecule has 0 spiro atoms. The maximum Gasteiger partial charge on any atom is 0.326 e. The highest BCUT2D eigenvalue weighted by Crippen LogP contribution is 2.22. The van der Waals surface area contributed by atoms with E-state index < -0.39 is 46.5 Å². The summed E-state index contributed by atoms with van der Waals surface area (Å²) >= 11 is 0. The number of sulfonamides is 1. The minimum absolute atomic E-state index is 0.0490. The number of esters is 1. The molecule has 1 N–H and O–H groups in total. The van der Waals surface area contributed by atoms with E-state index in [-0.39, 0.29) is 16.0 Å². The molecule has 1 aliphatic heterocycles. The fourth-order valence-electron chi connectivity index (χ4n) is 3.02. The Morgan fingerprint density at radius 1 is 1.00 bits per heavy atom. The van der Waals surface area contributed by atoms with Gasteiger partial charge in [-0.25, -0.2) is 13.3 Å². The smallest absolute Gasteiger partial charge is 0.326 e. The van der Waals surface area contributed by atoms with Gasteiger partial charge in [-0.1, -0.05) is 26.0 Å². The van der Waals surface area contributed by atoms with Gasteiger partial charge in [-0.15, -0.1) is 0 Å². The summed E-state index contributed by atoms with van der Waals surface area (Å²) in [6, 6.07) is 10.7. The Morgan fingerprint density at radius 3 is 2.03 bits per heavy atom. The van der Waals surface area contributed by atoms with E-state index in [0.29, 0.717) is 5.75 Å². The fraction of sp³-hybridized carbons (Fsp3) is 0.286. The molecule has 1 aliphatic rings. The van der Waals surface area contributed by atoms with Crippen LogP contribution in [0, 0.1) is 5.92 Å². The number of imide groups is 1. The van der Waals surface area contributed by atoms with Gasteiger partial charge in [-0.05, 0) is 42.3 Å². The molecular formula is C21H22N2O7S. The highest BCUT2D eigenvalue weighted by atomic mass is 32.2. The molecule has 0 saturated carbocycles. The van der Waals surface area contributed by atoms with Crippen LogP contribution in [0.15, 0.2) is 53.4 Å². The van der Waals surface area contributed by atoms with Crippen LogP contribution in [0.4, 0.5) is 0 Å². The minimum atomic E-state index is -4.03. The van der Waals surface area contributed by atoms with Gasteiger partial charge in [0.25, 0.3) is 11.8 Å². The lowest BCUT2D eigenvalue weighted by Crippen LogP contribution is -2.46. The first-order chi connectivity index (χ1) is 14.7. The maximum atomic E-state index is 12.7. The van der Waals surface area contributed by atoms with Crippen molar-refractivity contribution in [3.8, 4) is 5.75 Å². The topological polar surface area (TPSA) is 119 Å². The van der Waals surface area contributed by atoms with Crippen LogP contribution in [0.1, 0.15) is 34.6 Å². The zero-order valence-electron chi connectivity index (χ0n) is 17.2. The number of ether oxygens (including phenoxy) is 2. The second-order valence-electron chi connectivity index (χ2n) is 7.19. The van der Waals surface area contributed by atoms with E-state index in [4.69, 9.17) is 9.47 Å². The monoisotopic (exact) mass is 446 g/mol. The van der Waals surface area contributed by atoms with Crippen LogP contribution in [0.5, 0.6) is 5.75 Å². The predicted octanol–water partition coefficient (Wildman–Crippen LogP) is 1.79. The summed E-state index contributed by atoms with van der Waals surface area (Å²) in [5.41, 5.74) is 0.452. The summed E-state index contributed by atoms with van der Waals surface area (Å²) in [7, 11) is -2.57. The van der Waals surface area contributed by atoms with Gasteiger partial charge >= 0.3 is 5.97 Å². The lowest BCUT2D eigenvalue weighted by Gasteiger charge is -2.22. The molecule has 0 aromatic heterocycles. The summed E-state index contributed by atoms with van der Waals surface area (Å²) in [4.78, 5) is 38.1. The van der Waals surface area contributed by atoms with E-state index in [1.807, 2.05) is 0 Å². The van der Waals surface area contributed by atoms with Crippen molar-refractivity contribution >= 4 is 27.8 Å². The average molecular weight is 446 g/mol. The summed E-state index contributed by atoms with van der Waals surface area (Å²) in [5, 5.41) is 0. The Hall–Kier alpha value is -3.24. The van der Waals surface area contributed by atoms with E-state index in [0.717, 1.165) is 4.90 Å². The summed E-state index contributed by atoms with van der Waals surface area (Å²) in [5.74, 6) is -2.02. The molecule has 164 valence electrons. The lowest BCUT2D eigenvalue weighted by molar-refractivity contribution is -0.149. The molecule has 2 aromatic rings. The third-order valence-corrected chi connectivity index (χ3v) is 6.24. The Kier molecular flexibility index (Phi) is 6.42. The van der Waals surface area contributed by atoms with Crippen molar-refractivity contribution < 1.29 is 32.3 Å². The van der Waals surface area contributed by atoms with Gasteiger partial charge in [-0.3, -0.25) is 14.4 Å². The van der Waals surface area contributed by atoms with Crippen LogP contribution >= 0.6 is 0 Å². The molecule has 2 aromatic carbocycles. The van der Waals surface area contributed by atoms with Gasteiger partial charge in [0.05, 0.1) is 23.1 Å². The van der Waals surface area contributed by atoms with Crippen LogP contribution in [0.25, 0.3) is 0 Å². The van der Waals surface area contributed by atoms with E-state index in [2.05, 4.69) is 4.72 Å². The standard InChI is InChI=1S/C21H22N2O7S/c1-13(2)18(22-31(27,28)15-10-8-14(29-3)9-11-15)21(26)30-12-23-19(24)16-6-4-5-7-17(16)20(23)25/h4-11,13,18,22H,12H2,1-3H3/t18-/m0/s1. The number of rotatable bonds is 8. The number of methoxy groups -OCH3 is 1. The quantitative estimate of drug-likeness (QED) is 0.485. The first-order valence-corrected chi connectivity index (χ1v) is 10.9. The summed E-state index contributed by atoms with van der Waals surface area (Å²) < 4.78 is 37.9. The molecule has 0 radical (unpaired) electrons. The molecule has 1 atom stereocenters. The third-order valence-electron chi connectivity index (χ3n) is 4.79. The fourth-order valence-corrected chi connectivity index (χ4v) is 4.35. The normalized spacial score (nSPS) is 14.5. The van der Waals surface area contributed by atoms with Crippen LogP contribution in [0.2, 0.25) is 0 Å². The second-order valence-corrected chi connectivity index (χ2v) is 8.91. The van der Waals surface area contributed by atoms with Gasteiger partial charge in [0.1, 0.15) is 11.8 Å². The molecule has 0 fully saturated rings. The average Bonchev–Trinajstić information content (AvgIpc) is 3.00. The van der Waals surface area contributed by atoms with E-state index in [1.165, 1.54) is 43.5 Å². The lowest BCUT2D eigenvalue weighted by atomic mass is 10.1. The molecule has 9 nitrogen and oxygen atoms in total. The molecule has 0 unspecified atom stereocenters. The molecule has 1 heterocycles. The number of carbonyl (C=O) groups is 3. The van der Waals surface area contributed by atoms with Gasteiger partial charge in [0.15, 0.2) is 6.73 Å². The zero-order chi connectivity index (χ0) is 22.8. The third kappa shape index (κ3) is 4.59. The molecule has 0 bridgehead atoms. The van der Waals surface area contributed by atoms with Crippen LogP contribution in [-0.2, 0) is 19.6 Å². The minimum Gasteiger partial charge on any atom is -0.497 e. The Bertz CT molecular complexity index is 1080. The largest absolute Gasteiger partial charge is 0.497 e. The van der Waals surface area contributed by atoms with E-state index in [1.54, 1.807) is 26.0 Å². The van der Waals surface area contributed by atoms with Crippen LogP contribution in [-0.4, -0.2) is 51.0 Å². The van der Waals surface area contributed by atoms with Gasteiger partial charge < -0.3 is 9.47 Å². The van der Waals surface area contributed by atoms with Crippen molar-refractivity contribution in [1.29, 1.82) is 0 Å². The van der Waals surface area contributed by atoms with Crippen LogP contribution in [0.3, 0.4) is 0 Å². The van der Waals surface area contributed by atoms with Crippen molar-refractivity contribution in [3.05, 3.63) is 59.7 Å². The molecule has 3 rings (SSSR count). The highest BCUT2D eigenvalue weighted by molar-refractivity contribution is 7.89. The Morgan fingerprint density at radius 2 is 1.55 bits per heavy atom. The second kappa shape index (κ2) is 8.86. The number of hydrogen-bond donors (Lipinski definition) is 1. The Balaban J connectivity index is 1.70. The number of benzene rings is 2. The van der Waals surface area contributed by atoms with Crippen molar-refractivity contribution in [3.63, 3.8) is 0 Å². The number of hydrogen-bond acceptors (Lipinski definition) is 7. The summed E-state index contributed by atoms with van der Waals surface area (Å²) in [6.45, 7) is 2.67. The Labute approximate surface area is 180 Å². The first kappa shape index (κ1) is 22.4. The number of nitrogens with zero attached hydrogens (tertiary/aromatic N) is 1. The SMILES string of the molecule is COc1ccc(S(=O)(=O)N[C@H](C(=O)OCN2C(=O)c3ccccc3C2=O)C(C)C)cc1. The van der Waals surface area contributed by atoms with E-state index in [9.17, 15) is 22.8 Å². The van der Waals surface area contributed by atoms with Crippen molar-refractivity contribution in [2.75, 3.05) is 13.8 Å². The molecule has 31 heavy (non-hydrogen) atoms. The van der Waals surface area contributed by atoms with Gasteiger partial charge in [-0.2, -0.15) is 4.72 Å². The number of nitrogens with one attached hydrogen (secondary N) is 1. The molecule has 10 heteroatoms. The van der Waals surface area contributed by atoms with Crippen molar-refractivity contribution in [2.24, 2.45) is 5.92 Å². The predicted molar refractivity (Wildman–Crippen MR) is 110 cm³/mol. The molecule has 0 aliphatic carbocycles. The highest BCUT2D eigenvalue weighted by Gasteiger charge is 2.37. The first-order valence-electron chi connectivity index (χ1n) is 9.44. The van der Waals surface area contributed by atoms with Crippen LogP contribution < -0.4 is 9.46 Å². The summed E-state index contributed by atoms with van der Waals surface area (Å²) in [6.07, 6.45) is 0. The van der Waals surface area contributed by atoms with Crippen molar-refractivity contribution in [1.82, 2.24) is 9.62 Å². The molecule has 0 saturated heterocycles. The van der Waals surface area contributed by atoms with Gasteiger partial charge in [0.2, 0.25) is 10.0 Å².